The molecule has 0 aromatic carbocycles. The second-order valence-corrected chi connectivity index (χ2v) is 4.50. The molecule has 96 valence electrons. The number of hydrogen-bond donors (Lipinski definition) is 0. The fourth-order valence-corrected chi connectivity index (χ4v) is 2.72. The molecular weight excluding hydrogens is 230 g/mol. The smallest absolute Gasteiger partial charge is 0.255 e. The zero-order valence-electron chi connectivity index (χ0n) is 9.73. The minimum Gasteiger partial charge on any atom is -0.329 e. The molecule has 4 nitrogen and oxygen atoms in total. The molecule has 2 fully saturated rings. The van der Waals surface area contributed by atoms with Crippen LogP contribution >= 0.6 is 0 Å². The van der Waals surface area contributed by atoms with Crippen molar-refractivity contribution < 1.29 is 18.4 Å². The number of piperazine rings is 1. The number of rotatable bonds is 3. The van der Waals surface area contributed by atoms with Gasteiger partial charge in [0.05, 0.1) is 6.54 Å². The van der Waals surface area contributed by atoms with Crippen LogP contribution in [-0.2, 0) is 9.59 Å². The Morgan fingerprint density at radius 1 is 1.35 bits per heavy atom. The van der Waals surface area contributed by atoms with Gasteiger partial charge in [0, 0.05) is 6.54 Å². The van der Waals surface area contributed by atoms with E-state index in [0.717, 1.165) is 11.3 Å². The predicted molar refractivity (Wildman–Crippen MR) is 56.5 cm³/mol. The van der Waals surface area contributed by atoms with Gasteiger partial charge in [0.2, 0.25) is 11.8 Å². The summed E-state index contributed by atoms with van der Waals surface area (Å²) in [6, 6.07) is -1.20. The second-order valence-electron chi connectivity index (χ2n) is 4.50. The lowest BCUT2D eigenvalue weighted by molar-refractivity contribution is -0.161. The summed E-state index contributed by atoms with van der Waals surface area (Å²) in [5, 5.41) is 0. The van der Waals surface area contributed by atoms with E-state index in [4.69, 9.17) is 0 Å². The fraction of sp³-hybridized carbons (Fsp3) is 0.818. The molecule has 2 amide bonds. The van der Waals surface area contributed by atoms with E-state index in [-0.39, 0.29) is 11.8 Å². The first kappa shape index (κ1) is 12.3. The van der Waals surface area contributed by atoms with E-state index >= 15 is 0 Å². The van der Waals surface area contributed by atoms with Crippen molar-refractivity contribution in [2.75, 3.05) is 13.1 Å². The van der Waals surface area contributed by atoms with Gasteiger partial charge in [0.1, 0.15) is 12.1 Å². The number of carbonyl (C=O) groups excluding carboxylic acids is 2. The largest absolute Gasteiger partial charge is 0.329 e. The topological polar surface area (TPSA) is 40.6 Å². The fourth-order valence-electron chi connectivity index (χ4n) is 2.72. The molecule has 2 unspecified atom stereocenters. The third-order valence-electron chi connectivity index (χ3n) is 3.49. The Kier molecular flexibility index (Phi) is 3.31. The van der Waals surface area contributed by atoms with Crippen LogP contribution in [0.4, 0.5) is 8.78 Å². The lowest BCUT2D eigenvalue weighted by atomic mass is 10.0. The number of halogens is 2. The quantitative estimate of drug-likeness (QED) is 0.741. The van der Waals surface area contributed by atoms with Crippen LogP contribution in [0, 0.1) is 0 Å². The summed E-state index contributed by atoms with van der Waals surface area (Å²) in [5.74, 6) is -0.482. The molecular formula is C11H16F2N2O2. The maximum Gasteiger partial charge on any atom is 0.255 e. The number of carbonyl (C=O) groups is 2. The lowest BCUT2D eigenvalue weighted by Gasteiger charge is -2.41. The summed E-state index contributed by atoms with van der Waals surface area (Å²) in [6.07, 6.45) is -0.823. The Bertz CT molecular complexity index is 335. The van der Waals surface area contributed by atoms with Crippen LogP contribution in [0.3, 0.4) is 0 Å². The summed E-state index contributed by atoms with van der Waals surface area (Å²) < 4.78 is 24.9. The van der Waals surface area contributed by atoms with Crippen LogP contribution in [0.5, 0.6) is 0 Å². The Hall–Kier alpha value is -1.20. The van der Waals surface area contributed by atoms with E-state index in [1.54, 1.807) is 11.8 Å². The minimum atomic E-state index is -2.59. The lowest BCUT2D eigenvalue weighted by Crippen LogP contribution is -2.63. The molecule has 0 spiro atoms. The van der Waals surface area contributed by atoms with Gasteiger partial charge in [-0.2, -0.15) is 0 Å². The van der Waals surface area contributed by atoms with E-state index < -0.39 is 25.1 Å². The van der Waals surface area contributed by atoms with Gasteiger partial charge in [-0.15, -0.1) is 0 Å². The van der Waals surface area contributed by atoms with Gasteiger partial charge < -0.3 is 9.80 Å². The molecule has 2 aliphatic rings. The summed E-state index contributed by atoms with van der Waals surface area (Å²) in [4.78, 5) is 26.7. The maximum absolute atomic E-state index is 12.5. The Labute approximate surface area is 98.6 Å². The van der Waals surface area contributed by atoms with Crippen LogP contribution < -0.4 is 0 Å². The van der Waals surface area contributed by atoms with Crippen LogP contribution in [0.1, 0.15) is 26.2 Å². The molecule has 2 heterocycles. The van der Waals surface area contributed by atoms with Gasteiger partial charge >= 0.3 is 0 Å². The van der Waals surface area contributed by atoms with E-state index in [9.17, 15) is 18.4 Å². The zero-order chi connectivity index (χ0) is 12.6. The highest BCUT2D eigenvalue weighted by molar-refractivity contribution is 5.97. The van der Waals surface area contributed by atoms with Crippen molar-refractivity contribution in [3.8, 4) is 0 Å². The van der Waals surface area contributed by atoms with Crippen LogP contribution in [0.15, 0.2) is 0 Å². The Morgan fingerprint density at radius 2 is 2.06 bits per heavy atom. The first-order chi connectivity index (χ1) is 8.06. The van der Waals surface area contributed by atoms with Crippen LogP contribution in [0.2, 0.25) is 0 Å². The van der Waals surface area contributed by atoms with Gasteiger partial charge in [0.15, 0.2) is 0 Å². The molecule has 0 radical (unpaired) electrons. The number of nitrogens with zero attached hydrogens (tertiary/aromatic N) is 2. The Balaban J connectivity index is 2.23. The van der Waals surface area contributed by atoms with Crippen molar-refractivity contribution in [3.63, 3.8) is 0 Å². The first-order valence-corrected chi connectivity index (χ1v) is 5.95. The molecule has 0 saturated carbocycles. The maximum atomic E-state index is 12.5. The highest BCUT2D eigenvalue weighted by Gasteiger charge is 2.47. The minimum absolute atomic E-state index is 0.171. The molecule has 6 heteroatoms. The third kappa shape index (κ3) is 2.00. The summed E-state index contributed by atoms with van der Waals surface area (Å²) in [6.45, 7) is 1.69. The zero-order valence-corrected chi connectivity index (χ0v) is 9.73. The summed E-state index contributed by atoms with van der Waals surface area (Å²) >= 11 is 0. The molecule has 2 aliphatic heterocycles. The van der Waals surface area contributed by atoms with E-state index in [1.807, 2.05) is 0 Å². The van der Waals surface area contributed by atoms with E-state index in [2.05, 4.69) is 0 Å². The Morgan fingerprint density at radius 3 is 2.65 bits per heavy atom. The van der Waals surface area contributed by atoms with E-state index in [0.29, 0.717) is 19.4 Å². The van der Waals surface area contributed by atoms with Crippen molar-refractivity contribution in [2.24, 2.45) is 0 Å². The van der Waals surface area contributed by atoms with Crippen molar-refractivity contribution >= 4 is 11.8 Å². The predicted octanol–water partition coefficient (Wildman–Crippen LogP) is 0.863. The van der Waals surface area contributed by atoms with Crippen LogP contribution in [0.25, 0.3) is 0 Å². The third-order valence-corrected chi connectivity index (χ3v) is 3.49. The van der Waals surface area contributed by atoms with Gasteiger partial charge in [-0.25, -0.2) is 8.78 Å². The molecule has 0 N–H and O–H groups in total. The highest BCUT2D eigenvalue weighted by atomic mass is 19.3. The van der Waals surface area contributed by atoms with Gasteiger partial charge in [-0.3, -0.25) is 9.59 Å². The average Bonchev–Trinajstić information content (AvgIpc) is 2.74. The average molecular weight is 246 g/mol. The molecule has 2 atom stereocenters. The SMILES string of the molecule is CCC1C(=O)N2CCCC2C(=O)N1CC(F)F. The molecule has 17 heavy (non-hydrogen) atoms. The van der Waals surface area contributed by atoms with Crippen LogP contribution in [-0.4, -0.2) is 53.2 Å². The number of fused-ring (bicyclic) bond motifs is 1. The molecule has 0 aliphatic carbocycles. The van der Waals surface area contributed by atoms with Crippen molar-refractivity contribution in [3.05, 3.63) is 0 Å². The number of amides is 2. The summed E-state index contributed by atoms with van der Waals surface area (Å²) in [5.41, 5.74) is 0. The van der Waals surface area contributed by atoms with Gasteiger partial charge in [-0.05, 0) is 19.3 Å². The highest BCUT2D eigenvalue weighted by Crippen LogP contribution is 2.28. The monoisotopic (exact) mass is 246 g/mol. The van der Waals surface area contributed by atoms with Crippen molar-refractivity contribution in [1.29, 1.82) is 0 Å². The van der Waals surface area contributed by atoms with Gasteiger partial charge in [0.25, 0.3) is 6.43 Å². The van der Waals surface area contributed by atoms with Crippen molar-refractivity contribution in [2.45, 2.75) is 44.7 Å². The molecule has 2 rings (SSSR count). The molecule has 0 aromatic heterocycles. The molecule has 0 bridgehead atoms. The summed E-state index contributed by atoms with van der Waals surface area (Å²) in [7, 11) is 0. The second kappa shape index (κ2) is 4.58. The normalized spacial score (nSPS) is 29.2. The number of hydrogen-bond acceptors (Lipinski definition) is 2. The first-order valence-electron chi connectivity index (χ1n) is 5.95. The number of alkyl halides is 2. The van der Waals surface area contributed by atoms with Crippen molar-refractivity contribution in [1.82, 2.24) is 9.80 Å². The molecule has 0 aromatic rings. The molecule has 2 saturated heterocycles. The van der Waals surface area contributed by atoms with Gasteiger partial charge in [-0.1, -0.05) is 6.92 Å². The standard InChI is InChI=1S/C11H16F2N2O2/c1-2-7-10(16)14-5-3-4-8(14)11(17)15(7)6-9(12)13/h7-9H,2-6H2,1H3. The van der Waals surface area contributed by atoms with E-state index in [1.165, 1.54) is 0 Å².